The second kappa shape index (κ2) is 5.33. The first-order valence-electron chi connectivity index (χ1n) is 6.50. The second-order valence-corrected chi connectivity index (χ2v) is 5.14. The molecule has 104 valence electrons. The summed E-state index contributed by atoms with van der Waals surface area (Å²) in [4.78, 5) is 16.4. The summed E-state index contributed by atoms with van der Waals surface area (Å²) in [6, 6.07) is 5.78. The Morgan fingerprint density at radius 3 is 2.25 bits per heavy atom. The van der Waals surface area contributed by atoms with Gasteiger partial charge in [-0.3, -0.25) is 9.78 Å². The van der Waals surface area contributed by atoms with E-state index in [0.717, 1.165) is 22.5 Å². The number of hydrogen-bond acceptors (Lipinski definition) is 3. The van der Waals surface area contributed by atoms with Gasteiger partial charge in [-0.15, -0.1) is 0 Å². The van der Waals surface area contributed by atoms with Crippen molar-refractivity contribution in [3.63, 3.8) is 0 Å². The Kier molecular flexibility index (Phi) is 3.74. The molecular weight excluding hydrogens is 250 g/mol. The Morgan fingerprint density at radius 1 is 1.10 bits per heavy atom. The molecule has 3 N–H and O–H groups in total. The number of carbonyl (C=O) groups is 1. The highest BCUT2D eigenvalue weighted by molar-refractivity contribution is 6.08. The molecular formula is C16H19N3O. The maximum Gasteiger partial charge on any atom is 0.259 e. The van der Waals surface area contributed by atoms with Crippen LogP contribution in [0.5, 0.6) is 0 Å². The number of nitrogens with zero attached hydrogens (tertiary/aromatic N) is 1. The van der Waals surface area contributed by atoms with E-state index in [1.807, 2.05) is 39.8 Å². The van der Waals surface area contributed by atoms with E-state index in [0.29, 0.717) is 11.3 Å². The third-order valence-electron chi connectivity index (χ3n) is 3.23. The molecule has 2 aromatic rings. The zero-order valence-electron chi connectivity index (χ0n) is 12.2. The van der Waals surface area contributed by atoms with Crippen LogP contribution >= 0.6 is 0 Å². The zero-order valence-corrected chi connectivity index (χ0v) is 12.2. The van der Waals surface area contributed by atoms with Crippen LogP contribution in [-0.4, -0.2) is 10.9 Å². The molecule has 4 nitrogen and oxygen atoms in total. The number of rotatable bonds is 2. The van der Waals surface area contributed by atoms with Crippen molar-refractivity contribution in [2.75, 3.05) is 11.1 Å². The molecule has 0 fully saturated rings. The van der Waals surface area contributed by atoms with Crippen molar-refractivity contribution in [1.82, 2.24) is 4.98 Å². The average molecular weight is 269 g/mol. The van der Waals surface area contributed by atoms with Gasteiger partial charge in [-0.05, 0) is 44.9 Å². The molecule has 0 saturated carbocycles. The maximum absolute atomic E-state index is 12.3. The molecule has 0 saturated heterocycles. The standard InChI is InChI=1S/C16H19N3O/c1-9-5-10(2)15(11(3)6-9)19-16(20)13-8-18-12(4)7-14(13)17/h5-8H,1-4H3,(H2,17,18)(H,19,20). The van der Waals surface area contributed by atoms with E-state index < -0.39 is 0 Å². The quantitative estimate of drug-likeness (QED) is 0.880. The van der Waals surface area contributed by atoms with Crippen molar-refractivity contribution < 1.29 is 4.79 Å². The Labute approximate surface area is 119 Å². The predicted octanol–water partition coefficient (Wildman–Crippen LogP) is 3.15. The smallest absolute Gasteiger partial charge is 0.259 e. The van der Waals surface area contributed by atoms with Crippen LogP contribution in [0.15, 0.2) is 24.4 Å². The van der Waals surface area contributed by atoms with Crippen LogP contribution in [0.25, 0.3) is 0 Å². The van der Waals surface area contributed by atoms with Gasteiger partial charge in [0.1, 0.15) is 0 Å². The minimum atomic E-state index is -0.231. The van der Waals surface area contributed by atoms with Crippen molar-refractivity contribution in [3.05, 3.63) is 52.3 Å². The number of benzene rings is 1. The Balaban J connectivity index is 2.33. The fourth-order valence-corrected chi connectivity index (χ4v) is 2.33. The first-order valence-corrected chi connectivity index (χ1v) is 6.50. The molecule has 0 unspecified atom stereocenters. The first kappa shape index (κ1) is 14.1. The number of nitrogens with one attached hydrogen (secondary N) is 1. The van der Waals surface area contributed by atoms with Gasteiger partial charge in [0.15, 0.2) is 0 Å². The number of anilines is 2. The van der Waals surface area contributed by atoms with E-state index in [-0.39, 0.29) is 5.91 Å². The van der Waals surface area contributed by atoms with Crippen LogP contribution in [0.1, 0.15) is 32.7 Å². The van der Waals surface area contributed by atoms with E-state index in [2.05, 4.69) is 10.3 Å². The van der Waals surface area contributed by atoms with Crippen LogP contribution in [-0.2, 0) is 0 Å². The van der Waals surface area contributed by atoms with Gasteiger partial charge in [-0.25, -0.2) is 0 Å². The van der Waals surface area contributed by atoms with Gasteiger partial charge >= 0.3 is 0 Å². The fraction of sp³-hybridized carbons (Fsp3) is 0.250. The highest BCUT2D eigenvalue weighted by Gasteiger charge is 2.13. The molecule has 0 aliphatic carbocycles. The van der Waals surface area contributed by atoms with Crippen LogP contribution < -0.4 is 11.1 Å². The number of amides is 1. The number of carbonyl (C=O) groups excluding carboxylic acids is 1. The van der Waals surface area contributed by atoms with Gasteiger partial charge in [0.25, 0.3) is 5.91 Å². The van der Waals surface area contributed by atoms with Gasteiger partial charge < -0.3 is 11.1 Å². The summed E-state index contributed by atoms with van der Waals surface area (Å²) in [5.74, 6) is -0.231. The molecule has 4 heteroatoms. The van der Waals surface area contributed by atoms with Crippen molar-refractivity contribution in [2.24, 2.45) is 0 Å². The lowest BCUT2D eigenvalue weighted by molar-refractivity contribution is 0.102. The fourth-order valence-electron chi connectivity index (χ4n) is 2.33. The van der Waals surface area contributed by atoms with E-state index in [9.17, 15) is 4.79 Å². The molecule has 0 radical (unpaired) electrons. The third-order valence-corrected chi connectivity index (χ3v) is 3.23. The van der Waals surface area contributed by atoms with Crippen molar-refractivity contribution in [1.29, 1.82) is 0 Å². The van der Waals surface area contributed by atoms with Gasteiger partial charge in [-0.2, -0.15) is 0 Å². The van der Waals surface area contributed by atoms with E-state index in [1.54, 1.807) is 6.07 Å². The van der Waals surface area contributed by atoms with Crippen LogP contribution in [0.4, 0.5) is 11.4 Å². The number of nitrogens with two attached hydrogens (primary N) is 1. The Hall–Kier alpha value is -2.36. The molecule has 0 aliphatic heterocycles. The molecule has 0 bridgehead atoms. The van der Waals surface area contributed by atoms with Gasteiger partial charge in [0.2, 0.25) is 0 Å². The number of pyridine rings is 1. The van der Waals surface area contributed by atoms with E-state index in [1.165, 1.54) is 11.8 Å². The minimum absolute atomic E-state index is 0.231. The van der Waals surface area contributed by atoms with Crippen molar-refractivity contribution in [3.8, 4) is 0 Å². The molecule has 0 aliphatic rings. The SMILES string of the molecule is Cc1cc(C)c(NC(=O)c2cnc(C)cc2N)c(C)c1. The van der Waals surface area contributed by atoms with Crippen molar-refractivity contribution >= 4 is 17.3 Å². The second-order valence-electron chi connectivity index (χ2n) is 5.14. The summed E-state index contributed by atoms with van der Waals surface area (Å²) >= 11 is 0. The molecule has 0 spiro atoms. The summed E-state index contributed by atoms with van der Waals surface area (Å²) in [7, 11) is 0. The topological polar surface area (TPSA) is 68.0 Å². The summed E-state index contributed by atoms with van der Waals surface area (Å²) in [5.41, 5.74) is 11.6. The third kappa shape index (κ3) is 2.79. The number of hydrogen-bond donors (Lipinski definition) is 2. The highest BCUT2D eigenvalue weighted by Crippen LogP contribution is 2.23. The number of aryl methyl sites for hydroxylation is 4. The molecule has 20 heavy (non-hydrogen) atoms. The molecule has 1 amide bonds. The lowest BCUT2D eigenvalue weighted by Crippen LogP contribution is -2.16. The summed E-state index contributed by atoms with van der Waals surface area (Å²) < 4.78 is 0. The Bertz CT molecular complexity index is 654. The van der Waals surface area contributed by atoms with Gasteiger partial charge in [0.05, 0.1) is 5.56 Å². The summed E-state index contributed by atoms with van der Waals surface area (Å²) in [6.07, 6.45) is 1.51. The maximum atomic E-state index is 12.3. The zero-order chi connectivity index (χ0) is 14.9. The summed E-state index contributed by atoms with van der Waals surface area (Å²) in [6.45, 7) is 7.83. The van der Waals surface area contributed by atoms with Crippen molar-refractivity contribution in [2.45, 2.75) is 27.7 Å². The molecule has 1 aromatic heterocycles. The van der Waals surface area contributed by atoms with Crippen LogP contribution in [0, 0.1) is 27.7 Å². The normalized spacial score (nSPS) is 10.4. The largest absolute Gasteiger partial charge is 0.398 e. The predicted molar refractivity (Wildman–Crippen MR) is 82.0 cm³/mol. The Morgan fingerprint density at radius 2 is 1.70 bits per heavy atom. The minimum Gasteiger partial charge on any atom is -0.398 e. The monoisotopic (exact) mass is 269 g/mol. The number of nitrogen functional groups attached to an aromatic ring is 1. The average Bonchev–Trinajstić information content (AvgIpc) is 2.33. The number of aromatic nitrogens is 1. The molecule has 1 aromatic carbocycles. The van der Waals surface area contributed by atoms with E-state index >= 15 is 0 Å². The van der Waals surface area contributed by atoms with Crippen LogP contribution in [0.2, 0.25) is 0 Å². The molecule has 2 rings (SSSR count). The first-order chi connectivity index (χ1) is 9.38. The molecule has 1 heterocycles. The lowest BCUT2D eigenvalue weighted by atomic mass is 10.0. The van der Waals surface area contributed by atoms with E-state index in [4.69, 9.17) is 5.73 Å². The highest BCUT2D eigenvalue weighted by atomic mass is 16.1. The van der Waals surface area contributed by atoms with Gasteiger partial charge in [0, 0.05) is 23.3 Å². The molecule has 0 atom stereocenters. The van der Waals surface area contributed by atoms with Gasteiger partial charge in [-0.1, -0.05) is 17.7 Å². The van der Waals surface area contributed by atoms with Crippen LogP contribution in [0.3, 0.4) is 0 Å². The lowest BCUT2D eigenvalue weighted by Gasteiger charge is -2.13. The summed E-state index contributed by atoms with van der Waals surface area (Å²) in [5, 5.41) is 2.92.